The van der Waals surface area contributed by atoms with Crippen molar-refractivity contribution in [3.05, 3.63) is 29.3 Å². The fourth-order valence-corrected chi connectivity index (χ4v) is 3.49. The monoisotopic (exact) mass is 308 g/mol. The molecular formula is C15H20N2O3S. The van der Waals surface area contributed by atoms with Crippen molar-refractivity contribution in [3.8, 4) is 11.8 Å². The van der Waals surface area contributed by atoms with Crippen LogP contribution in [0.5, 0.6) is 0 Å². The zero-order valence-electron chi connectivity index (χ0n) is 12.1. The SMILES string of the molecule is Cc1cc(S(=O)(=O)NN2CCCCC2)ccc1C#CCO. The molecule has 114 valence electrons. The number of hydrogen-bond acceptors (Lipinski definition) is 4. The van der Waals surface area contributed by atoms with E-state index in [0.29, 0.717) is 0 Å². The van der Waals surface area contributed by atoms with Gasteiger partial charge in [0.1, 0.15) is 6.61 Å². The van der Waals surface area contributed by atoms with Gasteiger partial charge < -0.3 is 5.11 Å². The lowest BCUT2D eigenvalue weighted by molar-refractivity contribution is 0.200. The summed E-state index contributed by atoms with van der Waals surface area (Å²) in [5.41, 5.74) is 1.50. The highest BCUT2D eigenvalue weighted by atomic mass is 32.2. The third-order valence-corrected chi connectivity index (χ3v) is 4.79. The van der Waals surface area contributed by atoms with Crippen molar-refractivity contribution in [1.29, 1.82) is 0 Å². The van der Waals surface area contributed by atoms with Gasteiger partial charge in [-0.15, -0.1) is 4.83 Å². The minimum atomic E-state index is -3.54. The standard InChI is InChI=1S/C15H20N2O3S/c1-13-12-15(8-7-14(13)6-5-11-18)21(19,20)16-17-9-3-2-4-10-17/h7-8,12,16,18H,2-4,9-11H2,1H3. The summed E-state index contributed by atoms with van der Waals surface area (Å²) in [6.07, 6.45) is 3.17. The first-order valence-corrected chi connectivity index (χ1v) is 8.49. The molecule has 0 amide bonds. The van der Waals surface area contributed by atoms with E-state index in [1.807, 2.05) is 0 Å². The fourth-order valence-electron chi connectivity index (χ4n) is 2.29. The van der Waals surface area contributed by atoms with Gasteiger partial charge in [-0.1, -0.05) is 18.3 Å². The molecule has 0 radical (unpaired) electrons. The molecular weight excluding hydrogens is 288 g/mol. The van der Waals surface area contributed by atoms with Crippen molar-refractivity contribution >= 4 is 10.0 Å². The lowest BCUT2D eigenvalue weighted by Crippen LogP contribution is -2.44. The number of sulfonamides is 1. The zero-order chi connectivity index (χ0) is 15.3. The largest absolute Gasteiger partial charge is 0.384 e. The van der Waals surface area contributed by atoms with Gasteiger partial charge in [0.15, 0.2) is 0 Å². The van der Waals surface area contributed by atoms with E-state index in [2.05, 4.69) is 16.7 Å². The predicted octanol–water partition coefficient (Wildman–Crippen LogP) is 1.02. The second kappa shape index (κ2) is 7.05. The molecule has 0 spiro atoms. The van der Waals surface area contributed by atoms with Crippen molar-refractivity contribution in [1.82, 2.24) is 9.84 Å². The van der Waals surface area contributed by atoms with Gasteiger partial charge >= 0.3 is 0 Å². The highest BCUT2D eigenvalue weighted by Crippen LogP contribution is 2.16. The van der Waals surface area contributed by atoms with Crippen LogP contribution in [0, 0.1) is 18.8 Å². The van der Waals surface area contributed by atoms with E-state index in [0.717, 1.165) is 43.5 Å². The van der Waals surface area contributed by atoms with Gasteiger partial charge in [0, 0.05) is 18.7 Å². The Hall–Kier alpha value is -1.39. The fraction of sp³-hybridized carbons (Fsp3) is 0.467. The summed E-state index contributed by atoms with van der Waals surface area (Å²) in [6.45, 7) is 3.09. The van der Waals surface area contributed by atoms with E-state index in [-0.39, 0.29) is 11.5 Å². The molecule has 1 heterocycles. The van der Waals surface area contributed by atoms with Crippen molar-refractivity contribution in [3.63, 3.8) is 0 Å². The number of aryl methyl sites for hydroxylation is 1. The molecule has 1 aliphatic rings. The number of nitrogens with one attached hydrogen (secondary N) is 1. The van der Waals surface area contributed by atoms with Crippen LogP contribution in [0.25, 0.3) is 0 Å². The molecule has 2 rings (SSSR count). The number of piperidine rings is 1. The van der Waals surface area contributed by atoms with Crippen molar-refractivity contribution < 1.29 is 13.5 Å². The quantitative estimate of drug-likeness (QED) is 0.818. The molecule has 5 nitrogen and oxygen atoms in total. The molecule has 0 bridgehead atoms. The minimum Gasteiger partial charge on any atom is -0.384 e. The van der Waals surface area contributed by atoms with Crippen LogP contribution in [0.3, 0.4) is 0 Å². The van der Waals surface area contributed by atoms with Gasteiger partial charge in [0.2, 0.25) is 0 Å². The number of benzene rings is 1. The summed E-state index contributed by atoms with van der Waals surface area (Å²) in [4.78, 5) is 2.87. The molecule has 0 aromatic heterocycles. The summed E-state index contributed by atoms with van der Waals surface area (Å²) in [6, 6.07) is 4.82. The number of rotatable bonds is 3. The smallest absolute Gasteiger partial charge is 0.253 e. The van der Waals surface area contributed by atoms with Crippen LogP contribution in [-0.2, 0) is 10.0 Å². The molecule has 2 N–H and O–H groups in total. The van der Waals surface area contributed by atoms with Gasteiger partial charge in [0.25, 0.3) is 10.0 Å². The first-order chi connectivity index (χ1) is 10.0. The van der Waals surface area contributed by atoms with E-state index in [1.165, 1.54) is 0 Å². The van der Waals surface area contributed by atoms with Crippen molar-refractivity contribution in [2.45, 2.75) is 31.1 Å². The van der Waals surface area contributed by atoms with E-state index < -0.39 is 10.0 Å². The Bertz CT molecular complexity index is 653. The number of hydrazine groups is 1. The number of aliphatic hydroxyl groups excluding tert-OH is 1. The van der Waals surface area contributed by atoms with E-state index >= 15 is 0 Å². The molecule has 1 fully saturated rings. The molecule has 0 saturated carbocycles. The third kappa shape index (κ3) is 4.29. The van der Waals surface area contributed by atoms with Gasteiger partial charge in [-0.2, -0.15) is 0 Å². The van der Waals surface area contributed by atoms with Crippen LogP contribution in [0.4, 0.5) is 0 Å². The molecule has 0 unspecified atom stereocenters. The highest BCUT2D eigenvalue weighted by molar-refractivity contribution is 7.89. The molecule has 0 aliphatic carbocycles. The topological polar surface area (TPSA) is 69.6 Å². The first-order valence-electron chi connectivity index (χ1n) is 7.01. The van der Waals surface area contributed by atoms with Crippen LogP contribution < -0.4 is 4.83 Å². The molecule has 0 atom stereocenters. The summed E-state index contributed by atoms with van der Waals surface area (Å²) < 4.78 is 24.7. The van der Waals surface area contributed by atoms with Crippen molar-refractivity contribution in [2.75, 3.05) is 19.7 Å². The zero-order valence-corrected chi connectivity index (χ0v) is 12.9. The highest BCUT2D eigenvalue weighted by Gasteiger charge is 2.20. The lowest BCUT2D eigenvalue weighted by Gasteiger charge is -2.26. The average molecular weight is 308 g/mol. The minimum absolute atomic E-state index is 0.212. The van der Waals surface area contributed by atoms with E-state index in [1.54, 1.807) is 30.1 Å². The Morgan fingerprint density at radius 2 is 2.00 bits per heavy atom. The van der Waals surface area contributed by atoms with Gasteiger partial charge in [-0.05, 0) is 43.5 Å². The van der Waals surface area contributed by atoms with Crippen LogP contribution >= 0.6 is 0 Å². The van der Waals surface area contributed by atoms with E-state index in [9.17, 15) is 8.42 Å². The molecule has 6 heteroatoms. The first kappa shape index (κ1) is 16.0. The van der Waals surface area contributed by atoms with Crippen molar-refractivity contribution in [2.24, 2.45) is 0 Å². The van der Waals surface area contributed by atoms with Gasteiger partial charge in [0.05, 0.1) is 4.90 Å². The molecule has 1 aliphatic heterocycles. The van der Waals surface area contributed by atoms with E-state index in [4.69, 9.17) is 5.11 Å². The summed E-state index contributed by atoms with van der Waals surface area (Å²) >= 11 is 0. The number of hydrogen-bond donors (Lipinski definition) is 2. The summed E-state index contributed by atoms with van der Waals surface area (Å²) in [5, 5.41) is 10.5. The lowest BCUT2D eigenvalue weighted by atomic mass is 10.1. The maximum Gasteiger partial charge on any atom is 0.253 e. The molecule has 21 heavy (non-hydrogen) atoms. The Kier molecular flexibility index (Phi) is 5.37. The third-order valence-electron chi connectivity index (χ3n) is 3.42. The molecule has 1 aromatic carbocycles. The normalized spacial score (nSPS) is 16.3. The molecule has 1 aromatic rings. The maximum absolute atomic E-state index is 12.3. The Balaban J connectivity index is 2.18. The number of nitrogens with zero attached hydrogens (tertiary/aromatic N) is 1. The van der Waals surface area contributed by atoms with Crippen LogP contribution in [0.15, 0.2) is 23.1 Å². The second-order valence-electron chi connectivity index (χ2n) is 5.08. The Labute approximate surface area is 126 Å². The summed E-state index contributed by atoms with van der Waals surface area (Å²) in [5.74, 6) is 5.36. The van der Waals surface area contributed by atoms with Crippen LogP contribution in [0.1, 0.15) is 30.4 Å². The summed E-state index contributed by atoms with van der Waals surface area (Å²) in [7, 11) is -3.54. The predicted molar refractivity (Wildman–Crippen MR) is 80.9 cm³/mol. The maximum atomic E-state index is 12.3. The van der Waals surface area contributed by atoms with Crippen LogP contribution in [0.2, 0.25) is 0 Å². The van der Waals surface area contributed by atoms with Crippen LogP contribution in [-0.4, -0.2) is 38.2 Å². The Morgan fingerprint density at radius 3 is 2.62 bits per heavy atom. The molecule has 1 saturated heterocycles. The average Bonchev–Trinajstić information content (AvgIpc) is 2.46. The number of aliphatic hydroxyl groups is 1. The second-order valence-corrected chi connectivity index (χ2v) is 6.74. The van der Waals surface area contributed by atoms with Gasteiger partial charge in [-0.3, -0.25) is 0 Å². The Morgan fingerprint density at radius 1 is 1.29 bits per heavy atom. The van der Waals surface area contributed by atoms with Gasteiger partial charge in [-0.25, -0.2) is 13.4 Å².